The van der Waals surface area contributed by atoms with Crippen LogP contribution in [0.25, 0.3) is 0 Å². The van der Waals surface area contributed by atoms with Gasteiger partial charge in [-0.05, 0) is 62.6 Å². The van der Waals surface area contributed by atoms with Gasteiger partial charge in [0.15, 0.2) is 0 Å². The molecule has 0 unspecified atom stereocenters. The Balaban J connectivity index is 1.69. The van der Waals surface area contributed by atoms with Crippen molar-refractivity contribution in [1.82, 2.24) is 4.72 Å². The number of ether oxygens (including phenoxy) is 1. The van der Waals surface area contributed by atoms with E-state index in [9.17, 15) is 8.42 Å². The minimum atomic E-state index is -3.51. The third kappa shape index (κ3) is 4.32. The highest BCUT2D eigenvalue weighted by Crippen LogP contribution is 2.26. The summed E-state index contributed by atoms with van der Waals surface area (Å²) < 4.78 is 33.3. The molecule has 0 spiro atoms. The van der Waals surface area contributed by atoms with Crippen molar-refractivity contribution >= 4 is 15.7 Å². The van der Waals surface area contributed by atoms with Crippen molar-refractivity contribution in [2.75, 3.05) is 12.4 Å². The van der Waals surface area contributed by atoms with E-state index in [2.05, 4.69) is 10.0 Å². The molecular weight excluding hydrogens is 336 g/mol. The molecule has 0 radical (unpaired) electrons. The number of hydrogen-bond donors (Lipinski definition) is 2. The van der Waals surface area contributed by atoms with Crippen LogP contribution >= 0.6 is 0 Å². The molecule has 3 rings (SSSR count). The molecule has 1 saturated carbocycles. The molecule has 5 nitrogen and oxygen atoms in total. The van der Waals surface area contributed by atoms with E-state index < -0.39 is 10.0 Å². The SMILES string of the molecule is COc1ccc(N[C@@H]2CCC[C@H]2NS(=O)(=O)c2ccc(C)cc2)cc1. The number of sulfonamides is 1. The zero-order valence-electron chi connectivity index (χ0n) is 14.5. The molecule has 134 valence electrons. The Morgan fingerprint density at radius 3 is 2.24 bits per heavy atom. The maximum atomic E-state index is 12.6. The first-order valence-electron chi connectivity index (χ1n) is 8.47. The molecule has 0 amide bonds. The lowest BCUT2D eigenvalue weighted by molar-refractivity contribution is 0.415. The first kappa shape index (κ1) is 17.8. The third-order valence-corrected chi connectivity index (χ3v) is 6.10. The van der Waals surface area contributed by atoms with Gasteiger partial charge < -0.3 is 10.1 Å². The van der Waals surface area contributed by atoms with Crippen LogP contribution in [0.4, 0.5) is 5.69 Å². The molecule has 6 heteroatoms. The maximum absolute atomic E-state index is 12.6. The van der Waals surface area contributed by atoms with Crippen LogP contribution in [0, 0.1) is 6.92 Å². The first-order valence-corrected chi connectivity index (χ1v) is 9.96. The number of rotatable bonds is 6. The number of aryl methyl sites for hydroxylation is 1. The third-order valence-electron chi connectivity index (χ3n) is 4.60. The second kappa shape index (κ2) is 7.45. The van der Waals surface area contributed by atoms with Crippen LogP contribution in [0.15, 0.2) is 53.4 Å². The van der Waals surface area contributed by atoms with Gasteiger partial charge in [-0.1, -0.05) is 17.7 Å². The number of methoxy groups -OCH3 is 1. The Morgan fingerprint density at radius 1 is 0.960 bits per heavy atom. The van der Waals surface area contributed by atoms with Gasteiger partial charge in [0.05, 0.1) is 12.0 Å². The molecule has 1 aliphatic rings. The summed E-state index contributed by atoms with van der Waals surface area (Å²) in [5.41, 5.74) is 2.01. The summed E-state index contributed by atoms with van der Waals surface area (Å²) in [4.78, 5) is 0.313. The Morgan fingerprint density at radius 2 is 1.60 bits per heavy atom. The predicted octanol–water partition coefficient (Wildman–Crippen LogP) is 3.32. The average Bonchev–Trinajstić information content (AvgIpc) is 3.02. The number of benzene rings is 2. The fourth-order valence-electron chi connectivity index (χ4n) is 3.16. The first-order chi connectivity index (χ1) is 12.0. The number of anilines is 1. The molecule has 2 aromatic rings. The van der Waals surface area contributed by atoms with Crippen LogP contribution in [-0.4, -0.2) is 27.6 Å². The molecule has 0 heterocycles. The van der Waals surface area contributed by atoms with Gasteiger partial charge in [-0.25, -0.2) is 13.1 Å². The van der Waals surface area contributed by atoms with Gasteiger partial charge in [0.2, 0.25) is 10.0 Å². The molecule has 0 aromatic heterocycles. The fraction of sp³-hybridized carbons (Fsp3) is 0.368. The quantitative estimate of drug-likeness (QED) is 0.829. The van der Waals surface area contributed by atoms with Crippen LogP contribution in [-0.2, 0) is 10.0 Å². The average molecular weight is 360 g/mol. The maximum Gasteiger partial charge on any atom is 0.240 e. The molecule has 2 atom stereocenters. The largest absolute Gasteiger partial charge is 0.497 e. The molecule has 0 aliphatic heterocycles. The predicted molar refractivity (Wildman–Crippen MR) is 99.5 cm³/mol. The summed E-state index contributed by atoms with van der Waals surface area (Å²) >= 11 is 0. The molecular formula is C19H24N2O3S. The molecule has 1 fully saturated rings. The summed E-state index contributed by atoms with van der Waals surface area (Å²) in [6, 6.07) is 14.6. The van der Waals surface area contributed by atoms with Gasteiger partial charge in [0.1, 0.15) is 5.75 Å². The summed E-state index contributed by atoms with van der Waals surface area (Å²) in [6.45, 7) is 1.94. The van der Waals surface area contributed by atoms with Crippen LogP contribution < -0.4 is 14.8 Å². The second-order valence-corrected chi connectivity index (χ2v) is 8.17. The van der Waals surface area contributed by atoms with Crippen LogP contribution in [0.5, 0.6) is 5.75 Å². The van der Waals surface area contributed by atoms with E-state index in [0.717, 1.165) is 36.3 Å². The monoisotopic (exact) mass is 360 g/mol. The molecule has 0 saturated heterocycles. The lowest BCUT2D eigenvalue weighted by atomic mass is 10.1. The van der Waals surface area contributed by atoms with E-state index in [1.165, 1.54) is 0 Å². The van der Waals surface area contributed by atoms with Gasteiger partial charge in [-0.3, -0.25) is 0 Å². The smallest absolute Gasteiger partial charge is 0.240 e. The Hall–Kier alpha value is -2.05. The Labute approximate surface area is 149 Å². The van der Waals surface area contributed by atoms with Gasteiger partial charge in [0, 0.05) is 17.8 Å². The minimum absolute atomic E-state index is 0.0774. The highest BCUT2D eigenvalue weighted by molar-refractivity contribution is 7.89. The summed E-state index contributed by atoms with van der Waals surface area (Å²) in [5.74, 6) is 0.800. The number of nitrogens with one attached hydrogen (secondary N) is 2. The van der Waals surface area contributed by atoms with E-state index in [1.807, 2.05) is 43.3 Å². The molecule has 1 aliphatic carbocycles. The minimum Gasteiger partial charge on any atom is -0.497 e. The summed E-state index contributed by atoms with van der Waals surface area (Å²) in [6.07, 6.45) is 2.76. The molecule has 25 heavy (non-hydrogen) atoms. The second-order valence-electron chi connectivity index (χ2n) is 6.45. The van der Waals surface area contributed by atoms with Crippen molar-refractivity contribution in [2.24, 2.45) is 0 Å². The van der Waals surface area contributed by atoms with Crippen molar-refractivity contribution in [3.63, 3.8) is 0 Å². The van der Waals surface area contributed by atoms with Gasteiger partial charge >= 0.3 is 0 Å². The van der Waals surface area contributed by atoms with Crippen LogP contribution in [0.1, 0.15) is 24.8 Å². The van der Waals surface area contributed by atoms with Gasteiger partial charge in [0.25, 0.3) is 0 Å². The van der Waals surface area contributed by atoms with Gasteiger partial charge in [-0.2, -0.15) is 0 Å². The van der Waals surface area contributed by atoms with Gasteiger partial charge in [-0.15, -0.1) is 0 Å². The van der Waals surface area contributed by atoms with E-state index in [1.54, 1.807) is 19.2 Å². The normalized spacial score (nSPS) is 20.4. The molecule has 0 bridgehead atoms. The Kier molecular flexibility index (Phi) is 5.30. The van der Waals surface area contributed by atoms with E-state index in [0.29, 0.717) is 4.90 Å². The summed E-state index contributed by atoms with van der Waals surface area (Å²) in [7, 11) is -1.87. The fourth-order valence-corrected chi connectivity index (χ4v) is 4.47. The lowest BCUT2D eigenvalue weighted by Gasteiger charge is -2.23. The lowest BCUT2D eigenvalue weighted by Crippen LogP contribution is -2.43. The van der Waals surface area contributed by atoms with Crippen molar-refractivity contribution in [1.29, 1.82) is 0 Å². The number of hydrogen-bond acceptors (Lipinski definition) is 4. The van der Waals surface area contributed by atoms with E-state index in [-0.39, 0.29) is 12.1 Å². The molecule has 2 aromatic carbocycles. The van der Waals surface area contributed by atoms with Crippen molar-refractivity contribution < 1.29 is 13.2 Å². The van der Waals surface area contributed by atoms with Crippen molar-refractivity contribution in [3.05, 3.63) is 54.1 Å². The highest BCUT2D eigenvalue weighted by atomic mass is 32.2. The zero-order chi connectivity index (χ0) is 17.9. The van der Waals surface area contributed by atoms with E-state index in [4.69, 9.17) is 4.74 Å². The van der Waals surface area contributed by atoms with E-state index >= 15 is 0 Å². The molecule has 2 N–H and O–H groups in total. The van der Waals surface area contributed by atoms with Crippen LogP contribution in [0.2, 0.25) is 0 Å². The topological polar surface area (TPSA) is 67.4 Å². The highest BCUT2D eigenvalue weighted by Gasteiger charge is 2.31. The van der Waals surface area contributed by atoms with Crippen molar-refractivity contribution in [3.8, 4) is 5.75 Å². The Bertz CT molecular complexity index is 802. The standard InChI is InChI=1S/C19H24N2O3S/c1-14-6-12-17(13-7-14)25(22,23)21-19-5-3-4-18(19)20-15-8-10-16(24-2)11-9-15/h6-13,18-21H,3-5H2,1-2H3/t18-,19-/m1/s1. The van der Waals surface area contributed by atoms with Crippen molar-refractivity contribution in [2.45, 2.75) is 43.2 Å². The zero-order valence-corrected chi connectivity index (χ0v) is 15.3. The van der Waals surface area contributed by atoms with Crippen LogP contribution in [0.3, 0.4) is 0 Å². The summed E-state index contributed by atoms with van der Waals surface area (Å²) in [5, 5.41) is 3.44.